The highest BCUT2D eigenvalue weighted by atomic mass is 35.5. The fourth-order valence-corrected chi connectivity index (χ4v) is 24.9. The molecule has 0 N–H and O–H groups in total. The molecule has 7 fully saturated rings. The molecule has 14 rings (SSSR count). The molecule has 8 heterocycles. The number of benzene rings is 6. The largest absolute Gasteiger partial charge is 0.418 e. The highest BCUT2D eigenvalue weighted by Crippen LogP contribution is 2.49. The van der Waals surface area contributed by atoms with Crippen molar-refractivity contribution in [3.63, 3.8) is 0 Å². The second-order valence-corrected chi connectivity index (χ2v) is 52.2. The Morgan fingerprint density at radius 1 is 0.345 bits per heavy atom. The third-order valence-corrected chi connectivity index (χ3v) is 36.9. The minimum atomic E-state index is -4.45. The summed E-state index contributed by atoms with van der Waals surface area (Å²) >= 11 is 79.1. The third-order valence-electron chi connectivity index (χ3n) is 34.0. The van der Waals surface area contributed by atoms with Gasteiger partial charge in [0, 0.05) is 144 Å². The van der Waals surface area contributed by atoms with Gasteiger partial charge in [-0.2, -0.15) is 18.4 Å². The Bertz CT molecular complexity index is 4790. The molecular formula is C117H166Cl13F4N9O2. The summed E-state index contributed by atoms with van der Waals surface area (Å²) in [6.07, 6.45) is 10.7. The Hall–Kier alpha value is -3.07. The Morgan fingerprint density at radius 2 is 0.600 bits per heavy atom. The Kier molecular flexibility index (Phi) is 49.6. The van der Waals surface area contributed by atoms with Gasteiger partial charge in [0.1, 0.15) is 11.5 Å². The third kappa shape index (κ3) is 37.3. The molecule has 0 bridgehead atoms. The number of likely N-dealkylation sites (tertiary alicyclic amines) is 6. The van der Waals surface area contributed by atoms with Gasteiger partial charge in [-0.25, -0.2) is 9.37 Å². The number of ether oxygens (including phenoxy) is 2. The van der Waals surface area contributed by atoms with Crippen LogP contribution in [0.4, 0.5) is 23.4 Å². The molecular weight excluding hydrogens is 2100 g/mol. The van der Waals surface area contributed by atoms with Crippen molar-refractivity contribution in [3.05, 3.63) is 226 Å². The van der Waals surface area contributed by atoms with E-state index in [0.29, 0.717) is 118 Å². The van der Waals surface area contributed by atoms with Gasteiger partial charge in [0.15, 0.2) is 0 Å². The van der Waals surface area contributed by atoms with Crippen LogP contribution in [0.2, 0.25) is 65.3 Å². The van der Waals surface area contributed by atoms with Crippen LogP contribution in [-0.2, 0) is 15.7 Å². The number of alkyl halides is 4. The van der Waals surface area contributed by atoms with Gasteiger partial charge < -0.3 is 14.4 Å². The molecule has 7 aliphatic rings. The molecule has 0 aliphatic carbocycles. The molecule has 0 amide bonds. The number of rotatable bonds is 22. The Morgan fingerprint density at radius 3 is 0.828 bits per heavy atom. The zero-order valence-corrected chi connectivity index (χ0v) is 101. The first-order valence-corrected chi connectivity index (χ1v) is 57.3. The minimum Gasteiger partial charge on any atom is -0.383 e. The maximum atomic E-state index is 14.6. The molecule has 0 saturated carbocycles. The number of hydrogen-bond donors (Lipinski definition) is 0. The van der Waals surface area contributed by atoms with E-state index in [-0.39, 0.29) is 45.9 Å². The zero-order valence-electron chi connectivity index (χ0n) is 90.8. The van der Waals surface area contributed by atoms with Crippen molar-refractivity contribution < 1.29 is 27.0 Å². The van der Waals surface area contributed by atoms with E-state index in [1.807, 2.05) is 91.5 Å². The molecule has 7 atom stereocenters. The number of hydrogen-bond acceptors (Lipinski definition) is 11. The first-order valence-electron chi connectivity index (χ1n) is 52.3. The monoisotopic (exact) mass is 2260 g/mol. The molecule has 1 aromatic heterocycles. The number of aromatic nitrogens is 1. The van der Waals surface area contributed by atoms with E-state index in [9.17, 15) is 22.8 Å². The molecule has 7 aliphatic heterocycles. The average molecular weight is 2270 g/mol. The van der Waals surface area contributed by atoms with E-state index in [1.165, 1.54) is 62.5 Å². The summed E-state index contributed by atoms with van der Waals surface area (Å²) in [5, 5.41) is 17.5. The van der Waals surface area contributed by atoms with Crippen molar-refractivity contribution in [2.75, 3.05) is 124 Å². The van der Waals surface area contributed by atoms with Crippen LogP contribution in [0.1, 0.15) is 318 Å². The molecule has 28 heteroatoms. The van der Waals surface area contributed by atoms with Gasteiger partial charge in [-0.15, -0.1) is 0 Å². The average Bonchev–Trinajstić information content (AvgIpc) is 1.30. The summed E-state index contributed by atoms with van der Waals surface area (Å²) in [7, 11) is 3.50. The number of piperidine rings is 6. The molecule has 145 heavy (non-hydrogen) atoms. The number of nitriles is 1. The lowest BCUT2D eigenvalue weighted by Crippen LogP contribution is -2.45. The summed E-state index contributed by atoms with van der Waals surface area (Å²) in [5.41, 5.74) is 6.84. The fourth-order valence-electron chi connectivity index (χ4n) is 21.4. The standard InChI is InChI=1S/2C18H27Cl2NO.C17H22Cl2N2.2C17H25Cl2N.C16H22Cl2FN.C14H18ClF3N2/c2*1-18(2,3)14-5-7-21(8-6-14)17(12-22-4)13-9-15(19)11-16(20)10-13;1-12(2)17(11-20)4-6-21(7-5-17)13(3)14-8-15(18)10-16(19)9-14;2*1-12(2)17(4)5-7-20(8-6-17)13(3)14-9-15(18)11-16(19)10-14;1-11(2)16(19)4-6-20(7-5-16)12(3)13-8-14(17)10-15(18)9-13;1-9(2)13(3)4-5-20(8-13)12-6-10(14(16,17)18)11(15)7-19-12/h2*9-11,14,17H,5-8,12H2,1-4H3;8-10,12-13H,4-7H2,1-3H3;2*9-13H,5-8H2,1-4H3;8-12H,4-7H2,1-3H3;6-7,9H,4-5,8H2,1-3H3/t2*17-;3*13-;;13-/m10010.0/s1. The second-order valence-electron chi connectivity index (χ2n) is 46.6. The molecule has 810 valence electrons. The smallest absolute Gasteiger partial charge is 0.383 e. The number of methoxy groups -OCH3 is 2. The summed E-state index contributed by atoms with van der Waals surface area (Å²) in [6, 6.07) is 40.0. The normalized spacial score (nSPS) is 20.8. The van der Waals surface area contributed by atoms with E-state index in [1.54, 1.807) is 50.6 Å². The van der Waals surface area contributed by atoms with E-state index >= 15 is 0 Å². The van der Waals surface area contributed by atoms with Gasteiger partial charge in [0.25, 0.3) is 0 Å². The number of pyridine rings is 1. The fraction of sp³-hybridized carbons (Fsp3) is 0.641. The van der Waals surface area contributed by atoms with Crippen LogP contribution in [-0.4, -0.2) is 159 Å². The molecule has 7 aromatic rings. The molecule has 7 saturated heterocycles. The summed E-state index contributed by atoms with van der Waals surface area (Å²) in [4.78, 5) is 20.8. The SMILES string of the molecule is CC(C)C1(C#N)CCN([C@@H](C)c2cc(Cl)cc(Cl)c2)CC1.CC(C)C1(C)CCN([C@@H](C)c2cc(Cl)cc(Cl)c2)CC1.CC(C)C1(C)CCN([C@H](C)c2cc(Cl)cc(Cl)c2)CC1.CC(C)[C@@]1(C)CCN(c2cc(C(F)(F)F)c(Cl)cn2)C1.CC(c1cc(Cl)cc(Cl)c1)N1CCC(F)(C(C)C)CC1.COC[C@@H](c1cc(Cl)cc(Cl)c1)N1CCC(C(C)(C)C)CC1.COC[C@H](c1cc(Cl)cc(Cl)c1)N1CCC(C(C)(C)C)CC1. The highest BCUT2D eigenvalue weighted by molar-refractivity contribution is 6.37. The van der Waals surface area contributed by atoms with E-state index in [4.69, 9.17) is 160 Å². The Balaban J connectivity index is 0.000000207. The van der Waals surface area contributed by atoms with Gasteiger partial charge in [0.2, 0.25) is 0 Å². The molecule has 0 radical (unpaired) electrons. The van der Waals surface area contributed by atoms with E-state index in [0.717, 1.165) is 189 Å². The first kappa shape index (κ1) is 127. The predicted molar refractivity (Wildman–Crippen MR) is 614 cm³/mol. The van der Waals surface area contributed by atoms with E-state index < -0.39 is 17.4 Å². The molecule has 6 aromatic carbocycles. The van der Waals surface area contributed by atoms with Crippen molar-refractivity contribution >= 4 is 157 Å². The van der Waals surface area contributed by atoms with Crippen LogP contribution in [0.3, 0.4) is 0 Å². The maximum Gasteiger partial charge on any atom is 0.418 e. The lowest BCUT2D eigenvalue weighted by atomic mass is 9.71. The van der Waals surface area contributed by atoms with Gasteiger partial charge in [-0.05, 0) is 381 Å². The van der Waals surface area contributed by atoms with Crippen molar-refractivity contribution in [3.8, 4) is 6.07 Å². The predicted octanol–water partition coefficient (Wildman–Crippen LogP) is 38.0. The maximum absolute atomic E-state index is 14.6. The topological polar surface area (TPSA) is 77.8 Å². The molecule has 0 spiro atoms. The first-order chi connectivity index (χ1) is 67.6. The zero-order chi connectivity index (χ0) is 108. The van der Waals surface area contributed by atoms with Crippen LogP contribution in [0.15, 0.2) is 121 Å². The van der Waals surface area contributed by atoms with Crippen LogP contribution in [0.5, 0.6) is 0 Å². The summed E-state index contributed by atoms with van der Waals surface area (Å²) < 4.78 is 64.1. The highest BCUT2D eigenvalue weighted by Gasteiger charge is 2.45. The van der Waals surface area contributed by atoms with Gasteiger partial charge in [0.05, 0.1) is 47.4 Å². The second kappa shape index (κ2) is 56.5. The number of anilines is 1. The number of nitrogens with zero attached hydrogens (tertiary/aromatic N) is 9. The summed E-state index contributed by atoms with van der Waals surface area (Å²) in [5.74, 6) is 4.39. The van der Waals surface area contributed by atoms with Crippen LogP contribution in [0, 0.1) is 85.2 Å². The van der Waals surface area contributed by atoms with Crippen LogP contribution >= 0.6 is 151 Å². The van der Waals surface area contributed by atoms with Crippen LogP contribution in [0.25, 0.3) is 0 Å². The lowest BCUT2D eigenvalue weighted by Gasteiger charge is -2.44. The Labute approximate surface area is 935 Å². The number of halogens is 17. The molecule has 11 nitrogen and oxygen atoms in total. The lowest BCUT2D eigenvalue weighted by molar-refractivity contribution is -0.137. The van der Waals surface area contributed by atoms with Crippen LogP contribution < -0.4 is 4.90 Å². The quantitative estimate of drug-likeness (QED) is 0.0609. The van der Waals surface area contributed by atoms with E-state index in [2.05, 4.69) is 186 Å². The molecule has 1 unspecified atom stereocenters. The van der Waals surface area contributed by atoms with Crippen molar-refractivity contribution in [1.29, 1.82) is 5.26 Å². The van der Waals surface area contributed by atoms with Crippen molar-refractivity contribution in [2.45, 2.75) is 291 Å². The summed E-state index contributed by atoms with van der Waals surface area (Å²) in [6.45, 7) is 67.0. The minimum absolute atomic E-state index is 0.0839. The van der Waals surface area contributed by atoms with Crippen molar-refractivity contribution in [2.24, 2.45) is 73.9 Å². The van der Waals surface area contributed by atoms with Gasteiger partial charge in [-0.1, -0.05) is 282 Å². The van der Waals surface area contributed by atoms with Crippen molar-refractivity contribution in [1.82, 2.24) is 34.4 Å². The van der Waals surface area contributed by atoms with Gasteiger partial charge >= 0.3 is 6.18 Å². The van der Waals surface area contributed by atoms with Gasteiger partial charge in [-0.3, -0.25) is 29.4 Å².